The topological polar surface area (TPSA) is 80.9 Å². The molecule has 0 aliphatic heterocycles. The average Bonchev–Trinajstić information content (AvgIpc) is 2.83. The second-order valence-corrected chi connectivity index (χ2v) is 8.97. The van der Waals surface area contributed by atoms with Crippen molar-refractivity contribution in [2.45, 2.75) is 69.3 Å². The fourth-order valence-electron chi connectivity index (χ4n) is 3.09. The molecule has 0 bridgehead atoms. The van der Waals surface area contributed by atoms with Crippen LogP contribution in [0.4, 0.5) is 5.82 Å². The third-order valence-electron chi connectivity index (χ3n) is 4.64. The van der Waals surface area contributed by atoms with Crippen molar-refractivity contribution in [3.8, 4) is 0 Å². The van der Waals surface area contributed by atoms with E-state index in [2.05, 4.69) is 22.2 Å². The van der Waals surface area contributed by atoms with E-state index in [4.69, 9.17) is 5.73 Å². The van der Waals surface area contributed by atoms with Crippen LogP contribution in [-0.2, 0) is 4.79 Å². The Morgan fingerprint density at radius 1 is 1.29 bits per heavy atom. The molecular weight excluding hydrogens is 340 g/mol. The number of nitrogens with two attached hydrogens (primary N) is 1. The molecule has 1 fully saturated rings. The van der Waals surface area contributed by atoms with Crippen molar-refractivity contribution < 1.29 is 4.79 Å². The molecule has 130 valence electrons. The van der Waals surface area contributed by atoms with E-state index >= 15 is 0 Å². The third kappa shape index (κ3) is 3.67. The van der Waals surface area contributed by atoms with Crippen LogP contribution in [0.25, 0.3) is 10.2 Å². The van der Waals surface area contributed by atoms with Gasteiger partial charge in [0, 0.05) is 10.9 Å². The van der Waals surface area contributed by atoms with Crippen LogP contribution < -0.4 is 11.1 Å². The number of aromatic nitrogens is 2. The number of amides is 1. The van der Waals surface area contributed by atoms with Gasteiger partial charge in [0.2, 0.25) is 5.91 Å². The van der Waals surface area contributed by atoms with Gasteiger partial charge in [0.15, 0.2) is 5.16 Å². The summed E-state index contributed by atoms with van der Waals surface area (Å²) < 4.78 is 0. The summed E-state index contributed by atoms with van der Waals surface area (Å²) >= 11 is 3.00. The molecule has 1 unspecified atom stereocenters. The lowest BCUT2D eigenvalue weighted by atomic mass is 9.95. The van der Waals surface area contributed by atoms with Crippen LogP contribution in [0, 0.1) is 13.8 Å². The van der Waals surface area contributed by atoms with E-state index in [-0.39, 0.29) is 11.2 Å². The maximum Gasteiger partial charge on any atom is 0.233 e. The van der Waals surface area contributed by atoms with Crippen molar-refractivity contribution >= 4 is 45.0 Å². The zero-order chi connectivity index (χ0) is 17.3. The van der Waals surface area contributed by atoms with E-state index in [1.165, 1.54) is 35.9 Å². The molecule has 3 N–H and O–H groups in total. The van der Waals surface area contributed by atoms with Crippen LogP contribution in [0.3, 0.4) is 0 Å². The first kappa shape index (κ1) is 17.5. The lowest BCUT2D eigenvalue weighted by molar-refractivity contribution is -0.121. The summed E-state index contributed by atoms with van der Waals surface area (Å²) in [5.74, 6) is 0.567. The molecule has 1 atom stereocenters. The average molecular weight is 365 g/mol. The third-order valence-corrected chi connectivity index (χ3v) is 6.70. The predicted octanol–water partition coefficient (Wildman–Crippen LogP) is 3.82. The van der Waals surface area contributed by atoms with Gasteiger partial charge in [0.1, 0.15) is 10.6 Å². The normalized spacial score (nSPS) is 17.1. The Balaban J connectivity index is 1.70. The number of nitrogen functional groups attached to an aromatic ring is 1. The second kappa shape index (κ2) is 7.27. The maximum atomic E-state index is 12.4. The van der Waals surface area contributed by atoms with Gasteiger partial charge in [0.05, 0.1) is 10.6 Å². The molecule has 2 heterocycles. The minimum atomic E-state index is -0.231. The minimum Gasteiger partial charge on any atom is -0.383 e. The molecule has 1 amide bonds. The highest BCUT2D eigenvalue weighted by Gasteiger charge is 2.22. The van der Waals surface area contributed by atoms with Crippen LogP contribution in [0.15, 0.2) is 5.16 Å². The first-order valence-electron chi connectivity index (χ1n) is 8.46. The first-order valence-corrected chi connectivity index (χ1v) is 10.2. The molecule has 2 aromatic rings. The summed E-state index contributed by atoms with van der Waals surface area (Å²) in [6.45, 7) is 6.01. The summed E-state index contributed by atoms with van der Waals surface area (Å²) in [5.41, 5.74) is 7.26. The number of anilines is 1. The SMILES string of the molecule is Cc1sc2nc(SC(C)C(=O)NC3CCCCC3)nc(N)c2c1C. The second-order valence-electron chi connectivity index (χ2n) is 6.46. The van der Waals surface area contributed by atoms with Gasteiger partial charge in [-0.25, -0.2) is 9.97 Å². The smallest absolute Gasteiger partial charge is 0.233 e. The number of nitrogens with zero attached hydrogens (tertiary/aromatic N) is 2. The zero-order valence-electron chi connectivity index (χ0n) is 14.4. The van der Waals surface area contributed by atoms with Crippen LogP contribution >= 0.6 is 23.1 Å². The quantitative estimate of drug-likeness (QED) is 0.637. The Morgan fingerprint density at radius 2 is 2.00 bits per heavy atom. The van der Waals surface area contributed by atoms with E-state index in [0.29, 0.717) is 17.0 Å². The molecule has 24 heavy (non-hydrogen) atoms. The van der Waals surface area contributed by atoms with Gasteiger partial charge in [0.25, 0.3) is 0 Å². The first-order chi connectivity index (χ1) is 11.5. The Hall–Kier alpha value is -1.34. The maximum absolute atomic E-state index is 12.4. The van der Waals surface area contributed by atoms with E-state index in [1.54, 1.807) is 11.3 Å². The van der Waals surface area contributed by atoms with Gasteiger partial charge < -0.3 is 11.1 Å². The highest BCUT2D eigenvalue weighted by molar-refractivity contribution is 8.00. The van der Waals surface area contributed by atoms with Gasteiger partial charge in [-0.1, -0.05) is 31.0 Å². The summed E-state index contributed by atoms with van der Waals surface area (Å²) in [7, 11) is 0. The molecule has 5 nitrogen and oxygen atoms in total. The molecule has 0 radical (unpaired) electrons. The summed E-state index contributed by atoms with van der Waals surface area (Å²) in [6, 6.07) is 0.324. The number of carbonyl (C=O) groups excluding carboxylic acids is 1. The van der Waals surface area contributed by atoms with Crippen molar-refractivity contribution in [1.29, 1.82) is 0 Å². The molecule has 1 saturated carbocycles. The number of aryl methyl sites for hydroxylation is 2. The monoisotopic (exact) mass is 364 g/mol. The molecule has 3 rings (SSSR count). The standard InChI is InChI=1S/C17H24N4OS2/c1-9-10(2)23-16-13(9)14(18)20-17(21-16)24-11(3)15(22)19-12-7-5-4-6-8-12/h11-12H,4-8H2,1-3H3,(H,19,22)(H2,18,20,21). The lowest BCUT2D eigenvalue weighted by Gasteiger charge is -2.24. The number of nitrogens with one attached hydrogen (secondary N) is 1. The Bertz CT molecular complexity index is 753. The number of thiophene rings is 1. The van der Waals surface area contributed by atoms with Crippen molar-refractivity contribution in [2.75, 3.05) is 5.73 Å². The van der Waals surface area contributed by atoms with Crippen LogP contribution in [-0.4, -0.2) is 27.2 Å². The van der Waals surface area contributed by atoms with Crippen molar-refractivity contribution in [1.82, 2.24) is 15.3 Å². The number of hydrogen-bond acceptors (Lipinski definition) is 6. The van der Waals surface area contributed by atoms with Gasteiger partial charge in [-0.05, 0) is 39.2 Å². The van der Waals surface area contributed by atoms with Gasteiger partial charge >= 0.3 is 0 Å². The number of hydrogen-bond donors (Lipinski definition) is 2. The molecular formula is C17H24N4OS2. The Kier molecular flexibility index (Phi) is 5.30. The van der Waals surface area contributed by atoms with Crippen molar-refractivity contribution in [3.05, 3.63) is 10.4 Å². The van der Waals surface area contributed by atoms with E-state index in [1.807, 2.05) is 13.8 Å². The molecule has 0 aromatic carbocycles. The van der Waals surface area contributed by atoms with Gasteiger partial charge in [-0.3, -0.25) is 4.79 Å². The zero-order valence-corrected chi connectivity index (χ0v) is 16.0. The highest BCUT2D eigenvalue weighted by Crippen LogP contribution is 2.34. The van der Waals surface area contributed by atoms with Gasteiger partial charge in [-0.15, -0.1) is 11.3 Å². The fourth-order valence-corrected chi connectivity index (χ4v) is 4.97. The van der Waals surface area contributed by atoms with E-state index in [9.17, 15) is 4.79 Å². The summed E-state index contributed by atoms with van der Waals surface area (Å²) in [6.07, 6.45) is 5.88. The molecule has 0 spiro atoms. The van der Waals surface area contributed by atoms with E-state index in [0.717, 1.165) is 28.6 Å². The van der Waals surface area contributed by atoms with Crippen molar-refractivity contribution in [3.63, 3.8) is 0 Å². The lowest BCUT2D eigenvalue weighted by Crippen LogP contribution is -2.40. The molecule has 2 aromatic heterocycles. The number of carbonyl (C=O) groups is 1. The van der Waals surface area contributed by atoms with Crippen LogP contribution in [0.2, 0.25) is 0 Å². The Morgan fingerprint density at radius 3 is 2.71 bits per heavy atom. The summed E-state index contributed by atoms with van der Waals surface area (Å²) in [5, 5.41) is 4.45. The van der Waals surface area contributed by atoms with E-state index < -0.39 is 0 Å². The number of fused-ring (bicyclic) bond motifs is 1. The predicted molar refractivity (Wildman–Crippen MR) is 102 cm³/mol. The fraction of sp³-hybridized carbons (Fsp3) is 0.588. The summed E-state index contributed by atoms with van der Waals surface area (Å²) in [4.78, 5) is 23.5. The van der Waals surface area contributed by atoms with Crippen LogP contribution in [0.5, 0.6) is 0 Å². The van der Waals surface area contributed by atoms with Crippen LogP contribution in [0.1, 0.15) is 49.5 Å². The molecule has 7 heteroatoms. The van der Waals surface area contributed by atoms with Crippen molar-refractivity contribution in [2.24, 2.45) is 0 Å². The largest absolute Gasteiger partial charge is 0.383 e. The molecule has 0 saturated heterocycles. The minimum absolute atomic E-state index is 0.0627. The highest BCUT2D eigenvalue weighted by atomic mass is 32.2. The molecule has 1 aliphatic carbocycles. The Labute approximate surface area is 150 Å². The van der Waals surface area contributed by atoms with Gasteiger partial charge in [-0.2, -0.15) is 0 Å². The number of thioether (sulfide) groups is 1. The number of rotatable bonds is 4. The molecule has 1 aliphatic rings.